The van der Waals surface area contributed by atoms with Gasteiger partial charge in [-0.1, -0.05) is 60.3 Å². The fourth-order valence-electron chi connectivity index (χ4n) is 3.04. The van der Waals surface area contributed by atoms with E-state index in [0.717, 1.165) is 22.3 Å². The van der Waals surface area contributed by atoms with Crippen LogP contribution in [0.2, 0.25) is 0 Å². The maximum absolute atomic E-state index is 13.0. The number of carbonyl (C=O) groups excluding carboxylic acids is 1. The van der Waals surface area contributed by atoms with Crippen LogP contribution in [0.4, 0.5) is 5.95 Å². The highest BCUT2D eigenvalue weighted by Crippen LogP contribution is 2.23. The molecule has 0 aliphatic rings. The van der Waals surface area contributed by atoms with E-state index in [4.69, 9.17) is 0 Å². The molecule has 0 aliphatic heterocycles. The molecular weight excluding hydrogens is 446 g/mol. The lowest BCUT2D eigenvalue weighted by Crippen LogP contribution is -2.22. The number of benzene rings is 2. The largest absolute Gasteiger partial charge is 0.293 e. The first kappa shape index (κ1) is 20.1. The fourth-order valence-corrected chi connectivity index (χ4v) is 4.47. The summed E-state index contributed by atoms with van der Waals surface area (Å²) in [5.41, 5.74) is 1.71. The third-order valence-corrected chi connectivity index (χ3v) is 6.20. The van der Waals surface area contributed by atoms with Crippen molar-refractivity contribution in [3.63, 3.8) is 0 Å². The van der Waals surface area contributed by atoms with Crippen LogP contribution in [0.15, 0.2) is 76.8 Å². The van der Waals surface area contributed by atoms with Gasteiger partial charge in [0.1, 0.15) is 10.4 Å². The number of H-pyrrole nitrogens is 1. The Kier molecular flexibility index (Phi) is 5.48. The number of anilines is 1. The zero-order valence-corrected chi connectivity index (χ0v) is 18.1. The molecule has 0 bridgehead atoms. The van der Waals surface area contributed by atoms with Crippen molar-refractivity contribution >= 4 is 46.2 Å². The average molecular weight is 462 g/mol. The molecule has 3 aromatic heterocycles. The molecule has 5 aromatic rings. The number of hydrogen-bond acceptors (Lipinski definition) is 8. The van der Waals surface area contributed by atoms with Crippen LogP contribution >= 0.6 is 23.3 Å². The van der Waals surface area contributed by atoms with E-state index in [1.165, 1.54) is 22.3 Å². The molecular formula is C21H15N7O2S2. The molecule has 11 heteroatoms. The summed E-state index contributed by atoms with van der Waals surface area (Å²) >= 11 is 2.36. The maximum Gasteiger partial charge on any atom is 0.269 e. The molecule has 0 radical (unpaired) electrons. The Balaban J connectivity index is 1.36. The second-order valence-electron chi connectivity index (χ2n) is 6.63. The molecule has 1 amide bonds. The highest BCUT2D eigenvalue weighted by atomic mass is 32.2. The summed E-state index contributed by atoms with van der Waals surface area (Å²) in [5, 5.41) is 10.8. The summed E-state index contributed by atoms with van der Waals surface area (Å²) in [6, 6.07) is 18.8. The molecule has 32 heavy (non-hydrogen) atoms. The molecule has 9 nitrogen and oxygen atoms in total. The van der Waals surface area contributed by atoms with E-state index in [1.807, 2.05) is 60.7 Å². The average Bonchev–Trinajstić information content (AvgIpc) is 3.49. The summed E-state index contributed by atoms with van der Waals surface area (Å²) in [5.74, 6) is -0.0263. The maximum atomic E-state index is 13.0. The molecule has 0 spiro atoms. The minimum Gasteiger partial charge on any atom is -0.293 e. The van der Waals surface area contributed by atoms with Gasteiger partial charge in [-0.3, -0.25) is 24.6 Å². The molecule has 2 aromatic carbocycles. The number of aromatic nitrogens is 6. The number of amides is 1. The fraction of sp³-hybridized carbons (Fsp3) is 0.0476. The highest BCUT2D eigenvalue weighted by molar-refractivity contribution is 7.99. The van der Waals surface area contributed by atoms with E-state index in [0.29, 0.717) is 21.9 Å². The Morgan fingerprint density at radius 1 is 1.06 bits per heavy atom. The normalized spacial score (nSPS) is 11.0. The van der Waals surface area contributed by atoms with Gasteiger partial charge in [0, 0.05) is 5.56 Å². The van der Waals surface area contributed by atoms with E-state index < -0.39 is 0 Å². The van der Waals surface area contributed by atoms with Crippen LogP contribution in [-0.4, -0.2) is 40.8 Å². The summed E-state index contributed by atoms with van der Waals surface area (Å²) in [4.78, 5) is 34.4. The van der Waals surface area contributed by atoms with Crippen molar-refractivity contribution in [3.8, 4) is 16.3 Å². The number of hydrogen-bond donors (Lipinski definition) is 2. The molecule has 2 N–H and O–H groups in total. The second-order valence-corrected chi connectivity index (χ2v) is 8.32. The topological polar surface area (TPSA) is 118 Å². The number of aromatic amines is 1. The summed E-state index contributed by atoms with van der Waals surface area (Å²) in [7, 11) is 0. The molecule has 0 saturated carbocycles. The van der Waals surface area contributed by atoms with Crippen molar-refractivity contribution in [2.45, 2.75) is 5.16 Å². The monoisotopic (exact) mass is 461 g/mol. The van der Waals surface area contributed by atoms with Gasteiger partial charge in [-0.25, -0.2) is 4.98 Å². The van der Waals surface area contributed by atoms with Gasteiger partial charge in [0.2, 0.25) is 11.9 Å². The Morgan fingerprint density at radius 2 is 1.81 bits per heavy atom. The number of fused-ring (bicyclic) bond motifs is 1. The van der Waals surface area contributed by atoms with Crippen molar-refractivity contribution < 1.29 is 4.79 Å². The van der Waals surface area contributed by atoms with Crippen LogP contribution in [0.1, 0.15) is 0 Å². The summed E-state index contributed by atoms with van der Waals surface area (Å²) in [6.07, 6.45) is 1.45. The lowest BCUT2D eigenvalue weighted by atomic mass is 10.2. The Morgan fingerprint density at radius 3 is 2.59 bits per heavy atom. The van der Waals surface area contributed by atoms with E-state index in [1.54, 1.807) is 0 Å². The lowest BCUT2D eigenvalue weighted by Gasteiger charge is -2.11. The summed E-state index contributed by atoms with van der Waals surface area (Å²) < 4.78 is 5.68. The van der Waals surface area contributed by atoms with E-state index in [2.05, 4.69) is 29.9 Å². The molecule has 3 heterocycles. The number of carbonyl (C=O) groups is 1. The van der Waals surface area contributed by atoms with Gasteiger partial charge < -0.3 is 0 Å². The Bertz CT molecular complexity index is 1450. The summed E-state index contributed by atoms with van der Waals surface area (Å²) in [6.45, 7) is 0. The lowest BCUT2D eigenvalue weighted by molar-refractivity contribution is -0.113. The van der Waals surface area contributed by atoms with Crippen molar-refractivity contribution in [1.82, 2.24) is 29.1 Å². The van der Waals surface area contributed by atoms with Crippen molar-refractivity contribution in [2.75, 3.05) is 11.1 Å². The van der Waals surface area contributed by atoms with Crippen LogP contribution in [0.3, 0.4) is 0 Å². The highest BCUT2D eigenvalue weighted by Gasteiger charge is 2.16. The smallest absolute Gasteiger partial charge is 0.269 e. The van der Waals surface area contributed by atoms with Crippen LogP contribution in [0, 0.1) is 0 Å². The SMILES string of the molecule is O=C(CSc1nc2[nH]ncc2c(=O)n1-c1ccccc1)Nc1nsc(-c2ccccc2)n1. The van der Waals surface area contributed by atoms with Crippen molar-refractivity contribution in [3.05, 3.63) is 77.2 Å². The number of rotatable bonds is 6. The van der Waals surface area contributed by atoms with Crippen LogP contribution in [0.25, 0.3) is 27.3 Å². The van der Waals surface area contributed by atoms with Gasteiger partial charge in [-0.15, -0.1) is 0 Å². The Hall–Kier alpha value is -3.83. The van der Waals surface area contributed by atoms with E-state index in [-0.39, 0.29) is 23.2 Å². The molecule has 0 saturated heterocycles. The third kappa shape index (κ3) is 4.03. The van der Waals surface area contributed by atoms with Gasteiger partial charge in [-0.2, -0.15) is 14.5 Å². The molecule has 0 unspecified atom stereocenters. The standard InChI is InChI=1S/C21H15N7O2S2/c29-16(23-20-25-18(32-27-20)13-7-3-1-4-8-13)12-31-21-24-17-15(11-22-26-17)19(30)28(21)14-9-5-2-6-10-14/h1-11H,12H2,(H,22,26)(H,23,27,29). The third-order valence-electron chi connectivity index (χ3n) is 4.50. The van der Waals surface area contributed by atoms with Crippen LogP contribution in [0.5, 0.6) is 0 Å². The minimum atomic E-state index is -0.300. The number of thioether (sulfide) groups is 1. The molecule has 0 aliphatic carbocycles. The minimum absolute atomic E-state index is 0.0266. The van der Waals surface area contributed by atoms with Gasteiger partial charge in [0.15, 0.2) is 10.8 Å². The van der Waals surface area contributed by atoms with E-state index >= 15 is 0 Å². The zero-order chi connectivity index (χ0) is 21.9. The van der Waals surface area contributed by atoms with Gasteiger partial charge in [0.25, 0.3) is 5.56 Å². The van der Waals surface area contributed by atoms with Gasteiger partial charge >= 0.3 is 0 Å². The predicted octanol–water partition coefficient (Wildman–Crippen LogP) is 3.36. The molecule has 158 valence electrons. The molecule has 5 rings (SSSR count). The van der Waals surface area contributed by atoms with Gasteiger partial charge in [-0.05, 0) is 23.7 Å². The number of nitrogens with zero attached hydrogens (tertiary/aromatic N) is 5. The second kappa shape index (κ2) is 8.73. The van der Waals surface area contributed by atoms with Crippen molar-refractivity contribution in [1.29, 1.82) is 0 Å². The molecule has 0 atom stereocenters. The first-order valence-corrected chi connectivity index (χ1v) is 11.3. The van der Waals surface area contributed by atoms with Gasteiger partial charge in [0.05, 0.1) is 17.6 Å². The number of nitrogens with one attached hydrogen (secondary N) is 2. The number of para-hydroxylation sites is 1. The zero-order valence-electron chi connectivity index (χ0n) is 16.4. The Labute approximate surface area is 189 Å². The van der Waals surface area contributed by atoms with Crippen LogP contribution in [-0.2, 0) is 4.79 Å². The predicted molar refractivity (Wildman–Crippen MR) is 124 cm³/mol. The first-order chi connectivity index (χ1) is 15.7. The van der Waals surface area contributed by atoms with Crippen molar-refractivity contribution in [2.24, 2.45) is 0 Å². The molecule has 0 fully saturated rings. The van der Waals surface area contributed by atoms with Crippen LogP contribution < -0.4 is 10.9 Å². The van der Waals surface area contributed by atoms with E-state index in [9.17, 15) is 9.59 Å². The first-order valence-electron chi connectivity index (χ1n) is 9.52. The quantitative estimate of drug-likeness (QED) is 0.294.